The summed E-state index contributed by atoms with van der Waals surface area (Å²) in [5.74, 6) is 0. The van der Waals surface area contributed by atoms with E-state index in [1.165, 1.54) is 0 Å². The predicted octanol–water partition coefficient (Wildman–Crippen LogP) is -0.0497. The summed E-state index contributed by atoms with van der Waals surface area (Å²) in [7, 11) is 0. The first-order valence-electron chi connectivity index (χ1n) is 0.447. The number of hydrogen-bond donors (Lipinski definition) is 1. The number of rotatable bonds is 0. The maximum Gasteiger partial charge on any atom is 0.283 e. The molecule has 0 spiro atoms. The smallest absolute Gasteiger partial charge is 0.283 e. The van der Waals surface area contributed by atoms with Crippen molar-refractivity contribution in [3.05, 3.63) is 0 Å². The molecular formula is CH3CuNOS. The Morgan fingerprint density at radius 1 is 1.60 bits per heavy atom. The fourth-order valence-electron chi connectivity index (χ4n) is 0. The minimum atomic E-state index is 0. The van der Waals surface area contributed by atoms with Crippen LogP contribution in [0.5, 0.6) is 0 Å². The Hall–Kier alpha value is 0.159. The van der Waals surface area contributed by atoms with Crippen LogP contribution in [0.2, 0.25) is 0 Å². The van der Waals surface area contributed by atoms with Gasteiger partial charge in [0.1, 0.15) is 0 Å². The van der Waals surface area contributed by atoms with Gasteiger partial charge in [0, 0.05) is 17.1 Å². The summed E-state index contributed by atoms with van der Waals surface area (Å²) in [5, 5.41) is 13.8. The third-order valence-electron chi connectivity index (χ3n) is 0. The third-order valence-corrected chi connectivity index (χ3v) is 0. The molecule has 0 aromatic rings. The van der Waals surface area contributed by atoms with E-state index in [0.717, 1.165) is 6.26 Å². The van der Waals surface area contributed by atoms with Gasteiger partial charge in [-0.3, -0.25) is 0 Å². The van der Waals surface area contributed by atoms with Crippen LogP contribution in [0.25, 0.3) is 0 Å². The molecule has 4 heteroatoms. The zero-order valence-electron chi connectivity index (χ0n) is 2.20. The molecule has 1 radical (unpaired) electrons. The maximum atomic E-state index is 6.88. The van der Waals surface area contributed by atoms with Gasteiger partial charge in [0.2, 0.25) is 0 Å². The van der Waals surface area contributed by atoms with E-state index >= 15 is 0 Å². The van der Waals surface area contributed by atoms with E-state index in [4.69, 9.17) is 10.4 Å². The number of hydrogen-bond acceptors (Lipinski definition) is 2. The first kappa shape index (κ1) is 19.1. The van der Waals surface area contributed by atoms with Gasteiger partial charge in [-0.1, -0.05) is 0 Å². The molecule has 0 aromatic carbocycles. The zero-order valence-corrected chi connectivity index (χ0v) is 4.14. The fraction of sp³-hybridized carbons (Fsp3) is 0. The van der Waals surface area contributed by atoms with Crippen LogP contribution in [-0.2, 0) is 17.1 Å². The second-order valence-electron chi connectivity index (χ2n) is 0.100. The van der Waals surface area contributed by atoms with E-state index in [2.05, 4.69) is 0 Å². The van der Waals surface area contributed by atoms with Crippen LogP contribution < -0.4 is 0 Å². The van der Waals surface area contributed by atoms with E-state index in [1.54, 1.807) is 0 Å². The van der Waals surface area contributed by atoms with Gasteiger partial charge in [-0.15, -0.1) is 0 Å². The summed E-state index contributed by atoms with van der Waals surface area (Å²) in [6.45, 7) is 0. The summed E-state index contributed by atoms with van der Waals surface area (Å²) in [4.78, 5) is 0. The minimum absolute atomic E-state index is 0. The Labute approximate surface area is 47.7 Å². The first-order chi connectivity index (χ1) is 1.41. The van der Waals surface area contributed by atoms with Crippen molar-refractivity contribution < 1.29 is 22.2 Å². The molecular weight excluding hydrogens is 138 g/mol. The Bertz CT molecular complexity index is 33.1. The third kappa shape index (κ3) is 763. The molecule has 0 amide bonds. The quantitative estimate of drug-likeness (QED) is 0.379. The molecule has 0 heterocycles. The minimum Gasteiger partial charge on any atom is -0.443 e. The van der Waals surface area contributed by atoms with Crippen LogP contribution in [0.3, 0.4) is 0 Å². The van der Waals surface area contributed by atoms with Gasteiger partial charge in [-0.25, -0.2) is 0 Å². The molecule has 0 saturated carbocycles. The van der Waals surface area contributed by atoms with Crippen molar-refractivity contribution in [3.8, 4) is 6.26 Å². The van der Waals surface area contributed by atoms with Crippen molar-refractivity contribution >= 4 is 13.5 Å². The largest absolute Gasteiger partial charge is 0.443 e. The van der Waals surface area contributed by atoms with E-state index in [9.17, 15) is 0 Å². The fourth-order valence-corrected chi connectivity index (χ4v) is 0. The normalized spacial score (nSPS) is 1.40. The van der Waals surface area contributed by atoms with Crippen molar-refractivity contribution in [1.29, 1.82) is 5.26 Å². The van der Waals surface area contributed by atoms with E-state index in [0.29, 0.717) is 0 Å². The molecule has 0 bridgehead atoms. The van der Waals surface area contributed by atoms with Crippen molar-refractivity contribution in [2.75, 3.05) is 0 Å². The van der Waals surface area contributed by atoms with Crippen LogP contribution in [0.15, 0.2) is 0 Å². The van der Waals surface area contributed by atoms with Crippen LogP contribution in [0, 0.1) is 11.5 Å². The average Bonchev–Trinajstić information content (AvgIpc) is 0.918. The molecule has 0 atom stereocenters. The Kier molecular flexibility index (Phi) is 118. The molecule has 1 N–H and O–H groups in total. The molecule has 2 nitrogen and oxygen atoms in total. The van der Waals surface area contributed by atoms with Crippen LogP contribution in [-0.4, -0.2) is 5.11 Å². The summed E-state index contributed by atoms with van der Waals surface area (Å²) >= 11 is 0. The molecule has 0 aliphatic carbocycles. The van der Waals surface area contributed by atoms with Gasteiger partial charge in [0.15, 0.2) is 0 Å². The monoisotopic (exact) mass is 140 g/mol. The van der Waals surface area contributed by atoms with Crippen LogP contribution >= 0.6 is 13.5 Å². The van der Waals surface area contributed by atoms with Gasteiger partial charge in [-0.2, -0.15) is 18.8 Å². The standard InChI is InChI=1S/CHNO.Cu.H2S/c2-1-3;;/h3H;;1H2. The molecule has 0 unspecified atom stereocenters. The summed E-state index contributed by atoms with van der Waals surface area (Å²) in [6.07, 6.45) is 0.750. The number of aliphatic hydroxyl groups excluding tert-OH is 1. The molecule has 0 rings (SSSR count). The van der Waals surface area contributed by atoms with E-state index < -0.39 is 0 Å². The van der Waals surface area contributed by atoms with E-state index in [-0.39, 0.29) is 30.6 Å². The molecule has 0 saturated heterocycles. The van der Waals surface area contributed by atoms with Crippen molar-refractivity contribution in [3.63, 3.8) is 0 Å². The Balaban J connectivity index is -0.0000000200. The van der Waals surface area contributed by atoms with Crippen LogP contribution in [0.1, 0.15) is 0 Å². The molecule has 5 heavy (non-hydrogen) atoms. The zero-order chi connectivity index (χ0) is 2.71. The van der Waals surface area contributed by atoms with Crippen molar-refractivity contribution in [2.45, 2.75) is 0 Å². The summed E-state index contributed by atoms with van der Waals surface area (Å²) < 4.78 is 0. The molecule has 0 fully saturated rings. The number of aliphatic hydroxyl groups is 1. The van der Waals surface area contributed by atoms with Gasteiger partial charge in [0.05, 0.1) is 0 Å². The Morgan fingerprint density at radius 2 is 1.60 bits per heavy atom. The summed E-state index contributed by atoms with van der Waals surface area (Å²) in [6, 6.07) is 0. The molecule has 35 valence electrons. The summed E-state index contributed by atoms with van der Waals surface area (Å²) in [5.41, 5.74) is 0. The SMILES string of the molecule is N#CO.S.[Cu]. The van der Waals surface area contributed by atoms with Gasteiger partial charge >= 0.3 is 0 Å². The average molecular weight is 141 g/mol. The molecule has 0 aliphatic heterocycles. The molecule has 0 aliphatic rings. The maximum absolute atomic E-state index is 6.88. The van der Waals surface area contributed by atoms with E-state index in [1.807, 2.05) is 0 Å². The van der Waals surface area contributed by atoms with Crippen molar-refractivity contribution in [1.82, 2.24) is 0 Å². The topological polar surface area (TPSA) is 44.0 Å². The Morgan fingerprint density at radius 3 is 1.60 bits per heavy atom. The van der Waals surface area contributed by atoms with Crippen LogP contribution in [0.4, 0.5) is 0 Å². The second kappa shape index (κ2) is 30.9. The van der Waals surface area contributed by atoms with Gasteiger partial charge in [0.25, 0.3) is 6.26 Å². The van der Waals surface area contributed by atoms with Gasteiger partial charge < -0.3 is 5.11 Å². The molecule has 0 aromatic heterocycles. The first-order valence-corrected chi connectivity index (χ1v) is 0.447. The number of nitriles is 1. The van der Waals surface area contributed by atoms with Gasteiger partial charge in [-0.05, 0) is 0 Å². The van der Waals surface area contributed by atoms with Crippen molar-refractivity contribution in [2.24, 2.45) is 0 Å². The predicted molar refractivity (Wildman–Crippen MR) is 17.9 cm³/mol. The second-order valence-corrected chi connectivity index (χ2v) is 0.100. The number of nitrogens with zero attached hydrogens (tertiary/aromatic N) is 1.